The van der Waals surface area contributed by atoms with Crippen molar-refractivity contribution in [1.29, 1.82) is 0 Å². The maximum absolute atomic E-state index is 10.3. The van der Waals surface area contributed by atoms with Gasteiger partial charge in [0.05, 0.1) is 12.7 Å². The minimum Gasteiger partial charge on any atom is -0.508 e. The molecule has 2 atom stereocenters. The number of aliphatic hydroxyl groups excluding tert-OH is 2. The third kappa shape index (κ3) is 4.08. The first kappa shape index (κ1) is 15.1. The number of benzene rings is 2. The maximum Gasteiger partial charge on any atom is 0.115 e. The van der Waals surface area contributed by atoms with E-state index in [1.54, 1.807) is 48.6 Å². The minimum atomic E-state index is -0.857. The summed E-state index contributed by atoms with van der Waals surface area (Å²) in [6, 6.07) is 12.9. The molecule has 4 heteroatoms. The Morgan fingerprint density at radius 2 is 1.38 bits per heavy atom. The van der Waals surface area contributed by atoms with Gasteiger partial charge in [0.15, 0.2) is 0 Å². The molecular formula is C17H18O4. The Kier molecular flexibility index (Phi) is 4.98. The molecule has 0 radical (unpaired) electrons. The van der Waals surface area contributed by atoms with E-state index in [0.717, 1.165) is 5.56 Å². The summed E-state index contributed by atoms with van der Waals surface area (Å²) >= 11 is 0. The van der Waals surface area contributed by atoms with Crippen LogP contribution in [0, 0.1) is 5.92 Å². The third-order valence-electron chi connectivity index (χ3n) is 3.28. The van der Waals surface area contributed by atoms with E-state index >= 15 is 0 Å². The summed E-state index contributed by atoms with van der Waals surface area (Å²) in [6.45, 7) is -0.198. The van der Waals surface area contributed by atoms with E-state index in [4.69, 9.17) is 0 Å². The van der Waals surface area contributed by atoms with Crippen molar-refractivity contribution < 1.29 is 20.4 Å². The second kappa shape index (κ2) is 6.92. The van der Waals surface area contributed by atoms with Crippen LogP contribution in [0.5, 0.6) is 11.5 Å². The van der Waals surface area contributed by atoms with Crippen molar-refractivity contribution in [2.75, 3.05) is 6.61 Å². The molecule has 0 saturated carbocycles. The molecule has 0 aliphatic heterocycles. The van der Waals surface area contributed by atoms with Gasteiger partial charge in [-0.2, -0.15) is 0 Å². The molecule has 0 aliphatic carbocycles. The highest BCUT2D eigenvalue weighted by atomic mass is 16.3. The molecule has 2 aromatic rings. The van der Waals surface area contributed by atoms with Gasteiger partial charge < -0.3 is 20.4 Å². The first-order chi connectivity index (χ1) is 10.1. The van der Waals surface area contributed by atoms with E-state index in [-0.39, 0.29) is 18.1 Å². The van der Waals surface area contributed by atoms with Crippen LogP contribution in [0.1, 0.15) is 17.2 Å². The van der Waals surface area contributed by atoms with Gasteiger partial charge in [0.25, 0.3) is 0 Å². The quantitative estimate of drug-likeness (QED) is 0.680. The van der Waals surface area contributed by atoms with Crippen LogP contribution in [0.3, 0.4) is 0 Å². The zero-order chi connectivity index (χ0) is 15.2. The molecule has 0 saturated heterocycles. The van der Waals surface area contributed by atoms with Crippen LogP contribution in [-0.4, -0.2) is 27.0 Å². The highest BCUT2D eigenvalue weighted by Crippen LogP contribution is 2.25. The van der Waals surface area contributed by atoms with Gasteiger partial charge in [0.1, 0.15) is 11.5 Å². The predicted molar refractivity (Wildman–Crippen MR) is 80.8 cm³/mol. The lowest BCUT2D eigenvalue weighted by Crippen LogP contribution is -2.14. The number of aromatic hydroxyl groups is 2. The Labute approximate surface area is 123 Å². The Morgan fingerprint density at radius 3 is 1.90 bits per heavy atom. The van der Waals surface area contributed by atoms with Crippen molar-refractivity contribution in [3.8, 4) is 11.5 Å². The van der Waals surface area contributed by atoms with E-state index in [0.29, 0.717) is 5.56 Å². The monoisotopic (exact) mass is 286 g/mol. The van der Waals surface area contributed by atoms with E-state index in [2.05, 4.69) is 0 Å². The molecule has 0 aliphatic rings. The van der Waals surface area contributed by atoms with Crippen molar-refractivity contribution in [1.82, 2.24) is 0 Å². The number of hydrogen-bond donors (Lipinski definition) is 4. The van der Waals surface area contributed by atoms with Gasteiger partial charge in [0.2, 0.25) is 0 Å². The maximum atomic E-state index is 10.3. The predicted octanol–water partition coefficient (Wildman–Crippen LogP) is 2.45. The zero-order valence-corrected chi connectivity index (χ0v) is 11.4. The van der Waals surface area contributed by atoms with E-state index in [9.17, 15) is 20.4 Å². The molecule has 0 fully saturated rings. The number of hydrogen-bond acceptors (Lipinski definition) is 4. The van der Waals surface area contributed by atoms with Gasteiger partial charge in [-0.3, -0.25) is 0 Å². The largest absolute Gasteiger partial charge is 0.508 e. The molecule has 110 valence electrons. The molecule has 0 aromatic heterocycles. The highest BCUT2D eigenvalue weighted by molar-refractivity contribution is 5.51. The molecule has 2 rings (SSSR count). The molecule has 0 spiro atoms. The lowest BCUT2D eigenvalue weighted by Gasteiger charge is -2.18. The van der Waals surface area contributed by atoms with Crippen LogP contribution < -0.4 is 0 Å². The second-order valence-corrected chi connectivity index (χ2v) is 4.83. The number of aliphatic hydroxyl groups is 2. The summed E-state index contributed by atoms with van der Waals surface area (Å²) < 4.78 is 0. The van der Waals surface area contributed by atoms with Crippen molar-refractivity contribution in [2.24, 2.45) is 5.92 Å². The second-order valence-electron chi connectivity index (χ2n) is 4.83. The topological polar surface area (TPSA) is 80.9 Å². The SMILES string of the molecule is OCC(/C=C/c1ccc(O)cc1)C(O)c1ccc(O)cc1. The highest BCUT2D eigenvalue weighted by Gasteiger charge is 2.17. The van der Waals surface area contributed by atoms with Crippen molar-refractivity contribution in [3.05, 3.63) is 65.7 Å². The molecule has 4 N–H and O–H groups in total. The summed E-state index contributed by atoms with van der Waals surface area (Å²) in [4.78, 5) is 0. The molecule has 21 heavy (non-hydrogen) atoms. The summed E-state index contributed by atoms with van der Waals surface area (Å²) in [5.41, 5.74) is 1.49. The normalized spacial score (nSPS) is 14.2. The van der Waals surface area contributed by atoms with Gasteiger partial charge in [0, 0.05) is 5.92 Å². The van der Waals surface area contributed by atoms with Crippen molar-refractivity contribution in [2.45, 2.75) is 6.10 Å². The van der Waals surface area contributed by atoms with Gasteiger partial charge in [-0.25, -0.2) is 0 Å². The Balaban J connectivity index is 2.11. The smallest absolute Gasteiger partial charge is 0.115 e. The zero-order valence-electron chi connectivity index (χ0n) is 11.4. The third-order valence-corrected chi connectivity index (χ3v) is 3.28. The summed E-state index contributed by atoms with van der Waals surface area (Å²) in [5.74, 6) is -0.135. The van der Waals surface area contributed by atoms with Crippen LogP contribution in [-0.2, 0) is 0 Å². The van der Waals surface area contributed by atoms with E-state index in [1.807, 2.05) is 0 Å². The van der Waals surface area contributed by atoms with Crippen LogP contribution in [0.4, 0.5) is 0 Å². The fourth-order valence-corrected chi connectivity index (χ4v) is 2.00. The first-order valence-electron chi connectivity index (χ1n) is 6.65. The molecule has 2 aromatic carbocycles. The summed E-state index contributed by atoms with van der Waals surface area (Å²) in [6.07, 6.45) is 2.65. The Bertz CT molecular complexity index is 587. The van der Waals surface area contributed by atoms with Crippen LogP contribution in [0.2, 0.25) is 0 Å². The van der Waals surface area contributed by atoms with Gasteiger partial charge in [-0.15, -0.1) is 0 Å². The van der Waals surface area contributed by atoms with Gasteiger partial charge in [-0.1, -0.05) is 36.4 Å². The molecule has 0 heterocycles. The molecule has 4 nitrogen and oxygen atoms in total. The van der Waals surface area contributed by atoms with Crippen molar-refractivity contribution in [3.63, 3.8) is 0 Å². The van der Waals surface area contributed by atoms with Crippen LogP contribution in [0.25, 0.3) is 6.08 Å². The lowest BCUT2D eigenvalue weighted by molar-refractivity contribution is 0.0923. The Morgan fingerprint density at radius 1 is 0.857 bits per heavy atom. The average Bonchev–Trinajstić information content (AvgIpc) is 2.50. The minimum absolute atomic E-state index is 0.131. The van der Waals surface area contributed by atoms with Crippen molar-refractivity contribution >= 4 is 6.08 Å². The molecular weight excluding hydrogens is 268 g/mol. The van der Waals surface area contributed by atoms with Gasteiger partial charge >= 0.3 is 0 Å². The molecule has 2 unspecified atom stereocenters. The molecule has 0 bridgehead atoms. The number of phenols is 2. The van der Waals surface area contributed by atoms with E-state index < -0.39 is 12.0 Å². The number of rotatable bonds is 5. The standard InChI is InChI=1S/C17H18O4/c18-11-14(4-1-12-2-7-15(19)8-3-12)17(21)13-5-9-16(20)10-6-13/h1-10,14,17-21H,11H2/b4-1+. The summed E-state index contributed by atoms with van der Waals surface area (Å²) in [5, 5.41) is 38.2. The number of phenolic OH excluding ortho intramolecular Hbond substituents is 2. The lowest BCUT2D eigenvalue weighted by atomic mass is 9.95. The fourth-order valence-electron chi connectivity index (χ4n) is 2.00. The van der Waals surface area contributed by atoms with Gasteiger partial charge in [-0.05, 0) is 35.4 Å². The fraction of sp³-hybridized carbons (Fsp3) is 0.176. The molecule has 0 amide bonds. The summed E-state index contributed by atoms with van der Waals surface area (Å²) in [7, 11) is 0. The van der Waals surface area contributed by atoms with Crippen LogP contribution in [0.15, 0.2) is 54.6 Å². The Hall–Kier alpha value is -2.30. The van der Waals surface area contributed by atoms with Crippen LogP contribution >= 0.6 is 0 Å². The first-order valence-corrected chi connectivity index (χ1v) is 6.65. The average molecular weight is 286 g/mol. The van der Waals surface area contributed by atoms with E-state index in [1.165, 1.54) is 12.1 Å².